The fraction of sp³-hybridized carbons (Fsp3) is 0.529. The molecule has 0 spiro atoms. The zero-order chi connectivity index (χ0) is 18.8. The van der Waals surface area contributed by atoms with Gasteiger partial charge in [0.15, 0.2) is 12.3 Å². The van der Waals surface area contributed by atoms with Crippen molar-refractivity contribution in [2.75, 3.05) is 18.9 Å². The van der Waals surface area contributed by atoms with Crippen molar-refractivity contribution >= 4 is 27.5 Å². The molecule has 1 heterocycles. The van der Waals surface area contributed by atoms with Crippen LogP contribution in [0, 0.1) is 0 Å². The van der Waals surface area contributed by atoms with Crippen molar-refractivity contribution in [1.82, 2.24) is 0 Å². The third-order valence-electron chi connectivity index (χ3n) is 4.61. The van der Waals surface area contributed by atoms with Crippen LogP contribution in [-0.4, -0.2) is 53.2 Å². The van der Waals surface area contributed by atoms with Crippen LogP contribution >= 0.6 is 0 Å². The summed E-state index contributed by atoms with van der Waals surface area (Å²) in [7, 11) is -3.97. The first-order chi connectivity index (χ1) is 11.5. The lowest BCUT2D eigenvalue weighted by atomic mass is 9.82. The molecule has 0 fully saturated rings. The number of benzene rings is 1. The van der Waals surface area contributed by atoms with Crippen LogP contribution in [-0.2, 0) is 20.3 Å². The summed E-state index contributed by atoms with van der Waals surface area (Å²) < 4.78 is 37.8. The number of carbonyl (C=O) groups is 1. The largest absolute Gasteiger partial charge is 1.00 e. The van der Waals surface area contributed by atoms with Gasteiger partial charge in [-0.25, -0.2) is 0 Å². The third kappa shape index (κ3) is 5.40. The molecular weight excluding hydrogens is 473 g/mol. The molecule has 0 unspecified atom stereocenters. The van der Waals surface area contributed by atoms with Gasteiger partial charge < -0.3 is 33.8 Å². The highest BCUT2D eigenvalue weighted by molar-refractivity contribution is 7.85. The van der Waals surface area contributed by atoms with Crippen LogP contribution in [0.3, 0.4) is 0 Å². The smallest absolute Gasteiger partial charge is 0.309 e. The maximum absolute atomic E-state index is 10.9. The van der Waals surface area contributed by atoms with E-state index in [4.69, 9.17) is 14.4 Å². The summed E-state index contributed by atoms with van der Waals surface area (Å²) >= 11 is 0. The van der Waals surface area contributed by atoms with Gasteiger partial charge in [-0.2, -0.15) is 13.0 Å². The number of hydrogen-bond donors (Lipinski definition) is 2. The van der Waals surface area contributed by atoms with Crippen molar-refractivity contribution in [2.45, 2.75) is 39.0 Å². The number of halogens is 1. The molecule has 0 atom stereocenters. The molecule has 146 valence electrons. The molecule has 9 heteroatoms. The van der Waals surface area contributed by atoms with E-state index in [1.54, 1.807) is 6.07 Å². The Bertz CT molecular complexity index is 817. The van der Waals surface area contributed by atoms with Gasteiger partial charge in [-0.1, -0.05) is 0 Å². The van der Waals surface area contributed by atoms with Crippen molar-refractivity contribution < 1.29 is 56.2 Å². The van der Waals surface area contributed by atoms with Gasteiger partial charge in [-0.15, -0.1) is 0 Å². The van der Waals surface area contributed by atoms with Crippen LogP contribution in [0.4, 0.5) is 5.69 Å². The van der Waals surface area contributed by atoms with Gasteiger partial charge in [-0.05, 0) is 32.4 Å². The van der Waals surface area contributed by atoms with Crippen LogP contribution in [0.25, 0.3) is 0 Å². The van der Waals surface area contributed by atoms with Crippen LogP contribution in [0.5, 0.6) is 5.75 Å². The van der Waals surface area contributed by atoms with E-state index in [9.17, 15) is 13.2 Å². The molecule has 7 nitrogen and oxygen atoms in total. The number of nitrogens with zero attached hydrogens (tertiary/aromatic N) is 1. The van der Waals surface area contributed by atoms with Crippen LogP contribution in [0.15, 0.2) is 18.2 Å². The number of carboxylic acid groups (broad SMARTS) is 1. The number of ether oxygens (including phenoxy) is 1. The van der Waals surface area contributed by atoms with Gasteiger partial charge in [-0.3, -0.25) is 9.35 Å². The molecule has 0 aromatic heterocycles. The summed E-state index contributed by atoms with van der Waals surface area (Å²) in [5, 5.41) is 8.94. The topological polar surface area (TPSA) is 104 Å². The van der Waals surface area contributed by atoms with Gasteiger partial charge in [0.25, 0.3) is 10.1 Å². The van der Waals surface area contributed by atoms with E-state index in [1.807, 2.05) is 23.6 Å². The van der Waals surface area contributed by atoms with E-state index in [-0.39, 0.29) is 54.6 Å². The highest BCUT2D eigenvalue weighted by Gasteiger charge is 2.43. The average molecular weight is 497 g/mol. The van der Waals surface area contributed by atoms with Crippen molar-refractivity contribution in [3.05, 3.63) is 23.8 Å². The summed E-state index contributed by atoms with van der Waals surface area (Å²) in [4.78, 5) is 10.9. The monoisotopic (exact) mass is 497 g/mol. The van der Waals surface area contributed by atoms with Gasteiger partial charge in [0, 0.05) is 18.6 Å². The fourth-order valence-electron chi connectivity index (χ4n) is 2.98. The summed E-state index contributed by atoms with van der Waals surface area (Å²) in [5.74, 6) is -0.549. The van der Waals surface area contributed by atoms with E-state index in [0.717, 1.165) is 17.0 Å². The van der Waals surface area contributed by atoms with Crippen molar-refractivity contribution in [2.24, 2.45) is 0 Å². The van der Waals surface area contributed by atoms with Crippen molar-refractivity contribution in [1.29, 1.82) is 0 Å². The Hall–Kier alpha value is -1.20. The first-order valence-electron chi connectivity index (χ1n) is 8.08. The maximum Gasteiger partial charge on any atom is 0.309 e. The first kappa shape index (κ1) is 22.8. The van der Waals surface area contributed by atoms with E-state index >= 15 is 0 Å². The standard InChI is InChI=1S/C17H23NO6S.HI/c1-12-17(2,3)14-11-13(24-9-4-10-25(21,22)23)5-6-15(14)18(12)8-7-16(19)20;/h5-6,11H,4,7-10H2,1-3H3,(H-,19,20,21,22,23);1H. The lowest BCUT2D eigenvalue weighted by Gasteiger charge is -2.16. The van der Waals surface area contributed by atoms with Gasteiger partial charge >= 0.3 is 5.97 Å². The van der Waals surface area contributed by atoms with Crippen LogP contribution in [0.2, 0.25) is 0 Å². The number of aliphatic carboxylic acids is 1. The molecule has 2 N–H and O–H groups in total. The Labute approximate surface area is 170 Å². The lowest BCUT2D eigenvalue weighted by molar-refractivity contribution is -0.438. The van der Waals surface area contributed by atoms with Crippen molar-refractivity contribution in [3.63, 3.8) is 0 Å². The quantitative estimate of drug-likeness (QED) is 0.212. The zero-order valence-electron chi connectivity index (χ0n) is 15.0. The summed E-state index contributed by atoms with van der Waals surface area (Å²) in [6.45, 7) is 6.74. The molecule has 2 rings (SSSR count). The summed E-state index contributed by atoms with van der Waals surface area (Å²) in [6.07, 6.45) is 0.260. The molecule has 0 radical (unpaired) electrons. The Morgan fingerprint density at radius 2 is 1.96 bits per heavy atom. The Kier molecular flexibility index (Phi) is 7.61. The Balaban J connectivity index is 0.00000338. The lowest BCUT2D eigenvalue weighted by Crippen LogP contribution is -3.00. The highest BCUT2D eigenvalue weighted by atomic mass is 127. The van der Waals surface area contributed by atoms with E-state index in [2.05, 4.69) is 13.8 Å². The molecule has 1 aromatic rings. The summed E-state index contributed by atoms with van der Waals surface area (Å²) in [5.41, 5.74) is 2.84. The molecule has 0 saturated heterocycles. The minimum absolute atomic E-state index is 0. The molecule has 0 aliphatic carbocycles. The predicted octanol–water partition coefficient (Wildman–Crippen LogP) is -0.782. The van der Waals surface area contributed by atoms with E-state index < -0.39 is 16.1 Å². The summed E-state index contributed by atoms with van der Waals surface area (Å²) in [6, 6.07) is 5.59. The highest BCUT2D eigenvalue weighted by Crippen LogP contribution is 2.41. The fourth-order valence-corrected chi connectivity index (χ4v) is 3.46. The normalized spacial score (nSPS) is 15.4. The minimum Gasteiger partial charge on any atom is -1.00 e. The van der Waals surface area contributed by atoms with Crippen LogP contribution < -0.4 is 28.7 Å². The predicted molar refractivity (Wildman–Crippen MR) is 93.7 cm³/mol. The second kappa shape index (κ2) is 8.66. The van der Waals surface area contributed by atoms with E-state index in [1.165, 1.54) is 0 Å². The molecule has 0 bridgehead atoms. The van der Waals surface area contributed by atoms with Crippen molar-refractivity contribution in [3.8, 4) is 5.75 Å². The molecule has 0 saturated carbocycles. The number of hydrogen-bond acceptors (Lipinski definition) is 4. The molecule has 1 aromatic carbocycles. The maximum atomic E-state index is 10.9. The zero-order valence-corrected chi connectivity index (χ0v) is 18.0. The Morgan fingerprint density at radius 3 is 2.54 bits per heavy atom. The van der Waals surface area contributed by atoms with Gasteiger partial charge in [0.05, 0.1) is 17.8 Å². The number of rotatable bonds is 8. The van der Waals surface area contributed by atoms with Gasteiger partial charge in [0.1, 0.15) is 12.2 Å². The second-order valence-electron chi connectivity index (χ2n) is 6.67. The number of fused-ring (bicyclic) bond motifs is 1. The SMILES string of the molecule is CC1=[N+](CCC(=O)O)c2ccc(OCCCS(=O)(=O)O)cc2C1(C)C.[I-]. The minimum atomic E-state index is -3.97. The first-order valence-corrected chi connectivity index (χ1v) is 9.69. The average Bonchev–Trinajstić information content (AvgIpc) is 2.68. The molecule has 1 aliphatic heterocycles. The molecule has 1 aliphatic rings. The van der Waals surface area contributed by atoms with Crippen LogP contribution in [0.1, 0.15) is 39.2 Å². The van der Waals surface area contributed by atoms with Gasteiger partial charge in [0.2, 0.25) is 5.69 Å². The third-order valence-corrected chi connectivity index (χ3v) is 5.41. The number of carboxylic acids is 1. The second-order valence-corrected chi connectivity index (χ2v) is 8.24. The Morgan fingerprint density at radius 1 is 1.31 bits per heavy atom. The molecule has 0 amide bonds. The van der Waals surface area contributed by atoms with E-state index in [0.29, 0.717) is 12.3 Å². The molecule has 26 heavy (non-hydrogen) atoms. The molecular formula is C17H24INO6S.